The molecule has 34 heavy (non-hydrogen) atoms. The quantitative estimate of drug-likeness (QED) is 0.325. The molecule has 0 bridgehead atoms. The van der Waals surface area contributed by atoms with Crippen LogP contribution in [-0.4, -0.2) is 30.7 Å². The molecule has 3 aromatic rings. The van der Waals surface area contributed by atoms with Crippen LogP contribution in [0.15, 0.2) is 83.8 Å². The Morgan fingerprint density at radius 2 is 1.50 bits per heavy atom. The van der Waals surface area contributed by atoms with E-state index >= 15 is 0 Å². The van der Waals surface area contributed by atoms with Crippen molar-refractivity contribution in [3.05, 3.63) is 95.6 Å². The summed E-state index contributed by atoms with van der Waals surface area (Å²) in [4.78, 5) is 11.1. The first-order chi connectivity index (χ1) is 16.3. The predicted molar refractivity (Wildman–Crippen MR) is 133 cm³/mol. The Kier molecular flexibility index (Phi) is 9.24. The number of aliphatic hydroxyl groups excluding tert-OH is 1. The minimum absolute atomic E-state index is 0.111. The Morgan fingerprint density at radius 1 is 0.824 bits per heavy atom. The number of carboxylic acids is 1. The second kappa shape index (κ2) is 12.3. The van der Waals surface area contributed by atoms with Crippen LogP contribution in [0.5, 0.6) is 0 Å². The molecule has 3 rings (SSSR count). The average molecular weight is 482 g/mol. The normalized spacial score (nSPS) is 12.3. The van der Waals surface area contributed by atoms with Crippen LogP contribution in [0, 0.1) is 0 Å². The fourth-order valence-corrected chi connectivity index (χ4v) is 4.97. The van der Waals surface area contributed by atoms with E-state index in [0.717, 1.165) is 29.5 Å². The summed E-state index contributed by atoms with van der Waals surface area (Å²) in [5, 5.41) is 19.4. The van der Waals surface area contributed by atoms with Gasteiger partial charge in [0.15, 0.2) is 0 Å². The highest BCUT2D eigenvalue weighted by Crippen LogP contribution is 2.20. The molecule has 1 unspecified atom stereocenters. The summed E-state index contributed by atoms with van der Waals surface area (Å²) >= 11 is 0. The van der Waals surface area contributed by atoms with E-state index in [1.807, 2.05) is 30.3 Å². The minimum Gasteiger partial charge on any atom is -0.481 e. The summed E-state index contributed by atoms with van der Waals surface area (Å²) in [5.74, 6) is -0.804. The highest BCUT2D eigenvalue weighted by atomic mass is 32.2. The second-order valence-corrected chi connectivity index (χ2v) is 10.0. The van der Waals surface area contributed by atoms with Crippen molar-refractivity contribution in [2.75, 3.05) is 4.72 Å². The van der Waals surface area contributed by atoms with Gasteiger partial charge in [0.1, 0.15) is 0 Å². The van der Waals surface area contributed by atoms with Crippen molar-refractivity contribution in [2.45, 2.75) is 55.9 Å². The van der Waals surface area contributed by atoms with E-state index < -0.39 is 22.1 Å². The first kappa shape index (κ1) is 25.5. The van der Waals surface area contributed by atoms with Gasteiger partial charge in [-0.3, -0.25) is 9.52 Å². The molecule has 0 radical (unpaired) electrons. The van der Waals surface area contributed by atoms with Gasteiger partial charge in [-0.25, -0.2) is 8.42 Å². The van der Waals surface area contributed by atoms with Crippen LogP contribution >= 0.6 is 0 Å². The van der Waals surface area contributed by atoms with Crippen molar-refractivity contribution in [1.82, 2.24) is 0 Å². The number of anilines is 1. The van der Waals surface area contributed by atoms with E-state index in [1.54, 1.807) is 48.5 Å². The van der Waals surface area contributed by atoms with Crippen LogP contribution in [-0.2, 0) is 34.1 Å². The second-order valence-electron chi connectivity index (χ2n) is 8.37. The third-order valence-corrected chi connectivity index (χ3v) is 7.11. The van der Waals surface area contributed by atoms with Gasteiger partial charge in [-0.15, -0.1) is 0 Å². The van der Waals surface area contributed by atoms with E-state index in [4.69, 9.17) is 5.11 Å². The van der Waals surface area contributed by atoms with E-state index in [1.165, 1.54) is 0 Å². The SMILES string of the molecule is O=C(O)CCc1ccccc1CCCC(O)CCc1cccc(NS(=O)(=O)c2ccccc2)c1. The first-order valence-corrected chi connectivity index (χ1v) is 13.0. The Labute approximate surface area is 201 Å². The molecule has 1 atom stereocenters. The maximum Gasteiger partial charge on any atom is 0.303 e. The summed E-state index contributed by atoms with van der Waals surface area (Å²) in [5.41, 5.74) is 3.63. The van der Waals surface area contributed by atoms with Gasteiger partial charge in [0, 0.05) is 12.1 Å². The van der Waals surface area contributed by atoms with Gasteiger partial charge < -0.3 is 10.2 Å². The molecule has 7 heteroatoms. The lowest BCUT2D eigenvalue weighted by molar-refractivity contribution is -0.136. The summed E-state index contributed by atoms with van der Waals surface area (Å²) in [6, 6.07) is 23.3. The number of nitrogens with one attached hydrogen (secondary N) is 1. The molecule has 0 heterocycles. The van der Waals surface area contributed by atoms with Gasteiger partial charge in [0.2, 0.25) is 0 Å². The summed E-state index contributed by atoms with van der Waals surface area (Å²) in [6.45, 7) is 0. The van der Waals surface area contributed by atoms with Gasteiger partial charge in [0.05, 0.1) is 11.0 Å². The number of aryl methyl sites for hydroxylation is 3. The highest BCUT2D eigenvalue weighted by Gasteiger charge is 2.14. The first-order valence-electron chi connectivity index (χ1n) is 11.5. The number of carboxylic acid groups (broad SMARTS) is 1. The van der Waals surface area contributed by atoms with Crippen molar-refractivity contribution < 1.29 is 23.4 Å². The molecule has 0 aliphatic rings. The summed E-state index contributed by atoms with van der Waals surface area (Å²) in [7, 11) is -3.64. The van der Waals surface area contributed by atoms with Crippen molar-refractivity contribution in [1.29, 1.82) is 0 Å². The van der Waals surface area contributed by atoms with Crippen molar-refractivity contribution in [3.8, 4) is 0 Å². The Hall–Kier alpha value is -3.16. The van der Waals surface area contributed by atoms with Crippen LogP contribution in [0.3, 0.4) is 0 Å². The fraction of sp³-hybridized carbons (Fsp3) is 0.296. The van der Waals surface area contributed by atoms with Crippen LogP contribution < -0.4 is 4.72 Å². The van der Waals surface area contributed by atoms with E-state index in [2.05, 4.69) is 4.72 Å². The Morgan fingerprint density at radius 3 is 2.21 bits per heavy atom. The lowest BCUT2D eigenvalue weighted by atomic mass is 9.96. The smallest absolute Gasteiger partial charge is 0.303 e. The average Bonchev–Trinajstić information content (AvgIpc) is 2.82. The minimum atomic E-state index is -3.64. The molecule has 0 fully saturated rings. The predicted octanol–water partition coefficient (Wildman–Crippen LogP) is 4.82. The van der Waals surface area contributed by atoms with Crippen molar-refractivity contribution in [2.24, 2.45) is 0 Å². The maximum absolute atomic E-state index is 12.5. The Bertz CT molecular complexity index is 1180. The van der Waals surface area contributed by atoms with Gasteiger partial charge in [-0.1, -0.05) is 54.6 Å². The maximum atomic E-state index is 12.5. The monoisotopic (exact) mass is 481 g/mol. The molecular weight excluding hydrogens is 450 g/mol. The molecule has 6 nitrogen and oxygen atoms in total. The van der Waals surface area contributed by atoms with Gasteiger partial charge in [-0.2, -0.15) is 0 Å². The summed E-state index contributed by atoms with van der Waals surface area (Å²) in [6.07, 6.45) is 3.63. The molecule has 0 spiro atoms. The van der Waals surface area contributed by atoms with Crippen molar-refractivity contribution >= 4 is 21.7 Å². The molecule has 0 aromatic heterocycles. The number of sulfonamides is 1. The van der Waals surface area contributed by atoms with E-state index in [9.17, 15) is 18.3 Å². The van der Waals surface area contributed by atoms with Crippen LogP contribution in [0.1, 0.15) is 42.4 Å². The van der Waals surface area contributed by atoms with E-state index in [-0.39, 0.29) is 11.3 Å². The number of carbonyl (C=O) groups is 1. The lowest BCUT2D eigenvalue weighted by Crippen LogP contribution is -2.13. The van der Waals surface area contributed by atoms with Gasteiger partial charge in [0.25, 0.3) is 10.0 Å². The number of aliphatic hydroxyl groups is 1. The van der Waals surface area contributed by atoms with Crippen molar-refractivity contribution in [3.63, 3.8) is 0 Å². The molecule has 0 amide bonds. The largest absolute Gasteiger partial charge is 0.481 e. The number of hydrogen-bond acceptors (Lipinski definition) is 4. The number of hydrogen-bond donors (Lipinski definition) is 3. The zero-order chi connectivity index (χ0) is 24.4. The number of benzene rings is 3. The zero-order valence-electron chi connectivity index (χ0n) is 19.1. The summed E-state index contributed by atoms with van der Waals surface area (Å²) < 4.78 is 27.7. The zero-order valence-corrected chi connectivity index (χ0v) is 19.9. The van der Waals surface area contributed by atoms with Crippen LogP contribution in [0.2, 0.25) is 0 Å². The topological polar surface area (TPSA) is 104 Å². The number of rotatable bonds is 13. The lowest BCUT2D eigenvalue weighted by Gasteiger charge is -2.13. The molecule has 0 aliphatic carbocycles. The van der Waals surface area contributed by atoms with E-state index in [0.29, 0.717) is 31.4 Å². The van der Waals surface area contributed by atoms with Gasteiger partial charge >= 0.3 is 5.97 Å². The molecule has 180 valence electrons. The molecular formula is C27H31NO5S. The third-order valence-electron chi connectivity index (χ3n) is 5.71. The molecule has 0 saturated heterocycles. The fourth-order valence-electron chi connectivity index (χ4n) is 3.90. The van der Waals surface area contributed by atoms with Gasteiger partial charge in [-0.05, 0) is 79.5 Å². The standard InChI is InChI=1S/C27H31NO5S/c29-25(13-7-11-22-9-4-5-10-23(22)17-19-27(30)31)18-16-21-8-6-12-24(20-21)28-34(32,33)26-14-2-1-3-15-26/h1-6,8-10,12,14-15,20,25,28-29H,7,11,13,16-19H2,(H,30,31). The Balaban J connectivity index is 1.48. The molecule has 3 N–H and O–H groups in total. The third kappa shape index (κ3) is 8.01. The van der Waals surface area contributed by atoms with Crippen LogP contribution in [0.4, 0.5) is 5.69 Å². The highest BCUT2D eigenvalue weighted by molar-refractivity contribution is 7.92. The molecule has 3 aromatic carbocycles. The molecule has 0 saturated carbocycles. The van der Waals surface area contributed by atoms with Crippen LogP contribution in [0.25, 0.3) is 0 Å². The number of aliphatic carboxylic acids is 1. The molecule has 0 aliphatic heterocycles.